The lowest BCUT2D eigenvalue weighted by Crippen LogP contribution is -2.34. The summed E-state index contributed by atoms with van der Waals surface area (Å²) < 4.78 is 6.02. The zero-order valence-electron chi connectivity index (χ0n) is 12.5. The van der Waals surface area contributed by atoms with E-state index in [1.165, 1.54) is 16.8 Å². The van der Waals surface area contributed by atoms with Gasteiger partial charge in [0.15, 0.2) is 0 Å². The smallest absolute Gasteiger partial charge is 0.127 e. The molecule has 0 bridgehead atoms. The summed E-state index contributed by atoms with van der Waals surface area (Å²) in [5, 5.41) is 0. The molecule has 20 heavy (non-hydrogen) atoms. The van der Waals surface area contributed by atoms with E-state index >= 15 is 0 Å². The van der Waals surface area contributed by atoms with Crippen LogP contribution in [0.4, 0.5) is 5.69 Å². The number of ether oxygens (including phenoxy) is 1. The Kier molecular flexibility index (Phi) is 5.19. The van der Waals surface area contributed by atoms with E-state index in [2.05, 4.69) is 74.2 Å². The van der Waals surface area contributed by atoms with E-state index in [4.69, 9.17) is 4.74 Å². The maximum Gasteiger partial charge on any atom is 0.127 e. The van der Waals surface area contributed by atoms with Crippen LogP contribution in [0.15, 0.2) is 54.6 Å². The lowest BCUT2D eigenvalue weighted by molar-refractivity contribution is 0.0512. The van der Waals surface area contributed by atoms with Gasteiger partial charge < -0.3 is 9.64 Å². The monoisotopic (exact) mass is 269 g/mol. The van der Waals surface area contributed by atoms with Crippen LogP contribution >= 0.6 is 0 Å². The highest BCUT2D eigenvalue weighted by atomic mass is 16.5. The van der Waals surface area contributed by atoms with Crippen molar-refractivity contribution in [2.75, 3.05) is 11.4 Å². The maximum absolute atomic E-state index is 6.02. The number of nitrogens with zero attached hydrogens (tertiary/aromatic N) is 1. The molecule has 2 rings (SSSR count). The van der Waals surface area contributed by atoms with Gasteiger partial charge in [-0.15, -0.1) is 0 Å². The molecule has 0 aromatic heterocycles. The first-order chi connectivity index (χ1) is 9.70. The number of aryl methyl sites for hydroxylation is 1. The van der Waals surface area contributed by atoms with Gasteiger partial charge in [0.25, 0.3) is 0 Å². The van der Waals surface area contributed by atoms with Crippen molar-refractivity contribution in [3.05, 3.63) is 65.7 Å². The Hall–Kier alpha value is -1.80. The molecule has 2 heteroatoms. The molecule has 0 N–H and O–H groups in total. The van der Waals surface area contributed by atoms with Crippen molar-refractivity contribution >= 4 is 5.69 Å². The van der Waals surface area contributed by atoms with Gasteiger partial charge in [-0.3, -0.25) is 0 Å². The largest absolute Gasteiger partial charge is 0.354 e. The minimum atomic E-state index is 0.0583. The van der Waals surface area contributed by atoms with E-state index < -0.39 is 0 Å². The van der Waals surface area contributed by atoms with Crippen LogP contribution in [0, 0.1) is 6.92 Å². The van der Waals surface area contributed by atoms with E-state index in [9.17, 15) is 0 Å². The predicted octanol–water partition coefficient (Wildman–Crippen LogP) is 4.38. The van der Waals surface area contributed by atoms with Gasteiger partial charge in [-0.05, 0) is 38.5 Å². The van der Waals surface area contributed by atoms with Crippen molar-refractivity contribution in [2.24, 2.45) is 0 Å². The Morgan fingerprint density at radius 3 is 2.45 bits per heavy atom. The average Bonchev–Trinajstić information content (AvgIpc) is 2.47. The summed E-state index contributed by atoms with van der Waals surface area (Å²) in [6, 6.07) is 18.9. The molecule has 0 aliphatic heterocycles. The van der Waals surface area contributed by atoms with Crippen molar-refractivity contribution in [3.8, 4) is 0 Å². The molecule has 0 spiro atoms. The average molecular weight is 269 g/mol. The third-order valence-electron chi connectivity index (χ3n) is 3.44. The van der Waals surface area contributed by atoms with E-state index in [1.807, 2.05) is 6.07 Å². The number of hydrogen-bond donors (Lipinski definition) is 0. The fourth-order valence-corrected chi connectivity index (χ4v) is 2.38. The Bertz CT molecular complexity index is 524. The quantitative estimate of drug-likeness (QED) is 0.721. The van der Waals surface area contributed by atoms with Gasteiger partial charge in [0.1, 0.15) is 6.23 Å². The molecule has 1 unspecified atom stereocenters. The Morgan fingerprint density at radius 2 is 1.80 bits per heavy atom. The highest BCUT2D eigenvalue weighted by Crippen LogP contribution is 2.17. The molecule has 2 aromatic carbocycles. The Labute approximate surface area is 122 Å². The van der Waals surface area contributed by atoms with Crippen LogP contribution in [0.2, 0.25) is 0 Å². The first kappa shape index (κ1) is 14.6. The van der Waals surface area contributed by atoms with Gasteiger partial charge in [-0.2, -0.15) is 0 Å². The molecule has 0 saturated heterocycles. The number of anilines is 1. The standard InChI is InChI=1S/C18H23NO/c1-4-19(18-11-6-5-7-12-18)16(3)20-14-17-10-8-9-15(2)13-17/h5-13,16H,4,14H2,1-3H3. The molecule has 0 radical (unpaired) electrons. The summed E-state index contributed by atoms with van der Waals surface area (Å²) in [6.45, 7) is 7.94. The second kappa shape index (κ2) is 7.11. The van der Waals surface area contributed by atoms with Gasteiger partial charge >= 0.3 is 0 Å². The highest BCUT2D eigenvalue weighted by Gasteiger charge is 2.12. The molecule has 106 valence electrons. The molecule has 0 fully saturated rings. The van der Waals surface area contributed by atoms with Gasteiger partial charge in [0.05, 0.1) is 6.61 Å². The Balaban J connectivity index is 1.98. The first-order valence-electron chi connectivity index (χ1n) is 7.19. The minimum absolute atomic E-state index is 0.0583. The molecule has 2 nitrogen and oxygen atoms in total. The van der Waals surface area contributed by atoms with Crippen LogP contribution in [0.3, 0.4) is 0 Å². The molecule has 0 aliphatic rings. The summed E-state index contributed by atoms with van der Waals surface area (Å²) >= 11 is 0. The maximum atomic E-state index is 6.02. The fourth-order valence-electron chi connectivity index (χ4n) is 2.38. The summed E-state index contributed by atoms with van der Waals surface area (Å²) in [5.74, 6) is 0. The second-order valence-electron chi connectivity index (χ2n) is 5.02. The minimum Gasteiger partial charge on any atom is -0.354 e. The summed E-state index contributed by atoms with van der Waals surface area (Å²) in [7, 11) is 0. The third kappa shape index (κ3) is 3.84. The van der Waals surface area contributed by atoms with Crippen molar-refractivity contribution < 1.29 is 4.74 Å². The van der Waals surface area contributed by atoms with Crippen LogP contribution in [-0.2, 0) is 11.3 Å². The second-order valence-corrected chi connectivity index (χ2v) is 5.02. The topological polar surface area (TPSA) is 12.5 Å². The van der Waals surface area contributed by atoms with E-state index in [0.29, 0.717) is 6.61 Å². The van der Waals surface area contributed by atoms with Crippen LogP contribution in [0.1, 0.15) is 25.0 Å². The molecule has 0 amide bonds. The third-order valence-corrected chi connectivity index (χ3v) is 3.44. The van der Waals surface area contributed by atoms with Crippen molar-refractivity contribution in [1.82, 2.24) is 0 Å². The predicted molar refractivity (Wildman–Crippen MR) is 84.9 cm³/mol. The molecule has 2 aromatic rings. The first-order valence-corrected chi connectivity index (χ1v) is 7.19. The zero-order valence-corrected chi connectivity index (χ0v) is 12.5. The molecule has 0 saturated carbocycles. The van der Waals surface area contributed by atoms with E-state index in [-0.39, 0.29) is 6.23 Å². The SMILES string of the molecule is CCN(c1ccccc1)C(C)OCc1cccc(C)c1. The van der Waals surface area contributed by atoms with E-state index in [0.717, 1.165) is 6.54 Å². The zero-order chi connectivity index (χ0) is 14.4. The van der Waals surface area contributed by atoms with Gasteiger partial charge in [0, 0.05) is 12.2 Å². The lowest BCUT2D eigenvalue weighted by Gasteiger charge is -2.30. The number of hydrogen-bond acceptors (Lipinski definition) is 2. The number of para-hydroxylation sites is 1. The van der Waals surface area contributed by atoms with Crippen LogP contribution < -0.4 is 4.90 Å². The van der Waals surface area contributed by atoms with Gasteiger partial charge in [-0.1, -0.05) is 48.0 Å². The fraction of sp³-hybridized carbons (Fsp3) is 0.333. The molecular formula is C18H23NO. The highest BCUT2D eigenvalue weighted by molar-refractivity contribution is 5.46. The van der Waals surface area contributed by atoms with Crippen LogP contribution in [0.25, 0.3) is 0 Å². The van der Waals surface area contributed by atoms with Crippen molar-refractivity contribution in [2.45, 2.75) is 33.6 Å². The Morgan fingerprint density at radius 1 is 1.05 bits per heavy atom. The molecular weight excluding hydrogens is 246 g/mol. The summed E-state index contributed by atoms with van der Waals surface area (Å²) in [6.07, 6.45) is 0.0583. The van der Waals surface area contributed by atoms with E-state index in [1.54, 1.807) is 0 Å². The molecule has 1 atom stereocenters. The summed E-state index contributed by atoms with van der Waals surface area (Å²) in [5.41, 5.74) is 3.70. The number of rotatable bonds is 6. The van der Waals surface area contributed by atoms with Crippen LogP contribution in [-0.4, -0.2) is 12.8 Å². The number of benzene rings is 2. The van der Waals surface area contributed by atoms with Crippen LogP contribution in [0.5, 0.6) is 0 Å². The van der Waals surface area contributed by atoms with Crippen molar-refractivity contribution in [3.63, 3.8) is 0 Å². The summed E-state index contributed by atoms with van der Waals surface area (Å²) in [4.78, 5) is 2.26. The lowest BCUT2D eigenvalue weighted by atomic mass is 10.1. The van der Waals surface area contributed by atoms with Gasteiger partial charge in [0.2, 0.25) is 0 Å². The normalized spacial score (nSPS) is 12.2. The molecule has 0 aliphatic carbocycles. The van der Waals surface area contributed by atoms with Gasteiger partial charge in [-0.25, -0.2) is 0 Å². The van der Waals surface area contributed by atoms with Crippen molar-refractivity contribution in [1.29, 1.82) is 0 Å². The molecule has 0 heterocycles.